The molecule has 0 saturated carbocycles. The molecule has 0 unspecified atom stereocenters. The van der Waals surface area contributed by atoms with E-state index in [1.165, 1.54) is 5.56 Å². The van der Waals surface area contributed by atoms with Crippen LogP contribution in [0.4, 0.5) is 5.95 Å². The zero-order chi connectivity index (χ0) is 32.2. The van der Waals surface area contributed by atoms with Crippen LogP contribution in [0.2, 0.25) is 0 Å². The maximum atomic E-state index is 12.0. The van der Waals surface area contributed by atoms with Crippen molar-refractivity contribution in [2.24, 2.45) is 0 Å². The second-order valence-corrected chi connectivity index (χ2v) is 11.8. The number of fused-ring (bicyclic) bond motifs is 1. The van der Waals surface area contributed by atoms with Crippen molar-refractivity contribution in [3.8, 4) is 28.5 Å². The first kappa shape index (κ1) is 30.3. The zero-order valence-corrected chi connectivity index (χ0v) is 26.2. The van der Waals surface area contributed by atoms with Gasteiger partial charge in [-0.3, -0.25) is 9.69 Å². The molecule has 2 aromatic carbocycles. The van der Waals surface area contributed by atoms with Crippen LogP contribution >= 0.6 is 0 Å². The summed E-state index contributed by atoms with van der Waals surface area (Å²) in [7, 11) is 0. The van der Waals surface area contributed by atoms with Crippen molar-refractivity contribution >= 4 is 23.1 Å². The highest BCUT2D eigenvalue weighted by Gasteiger charge is 2.25. The summed E-state index contributed by atoms with van der Waals surface area (Å²) in [6, 6.07) is 18.0. The Morgan fingerprint density at radius 2 is 1.77 bits per heavy atom. The molecule has 0 radical (unpaired) electrons. The summed E-state index contributed by atoms with van der Waals surface area (Å²) in [6.07, 6.45) is 5.78. The number of hydrogen-bond acceptors (Lipinski definition) is 11. The molecule has 5 heterocycles. The van der Waals surface area contributed by atoms with Gasteiger partial charge in [-0.05, 0) is 23.3 Å². The van der Waals surface area contributed by atoms with E-state index in [2.05, 4.69) is 55.4 Å². The quantitative estimate of drug-likeness (QED) is 0.250. The highest BCUT2D eigenvalue weighted by atomic mass is 16.5. The molecule has 2 aliphatic rings. The molecular weight excluding hydrogens is 594 g/mol. The van der Waals surface area contributed by atoms with Crippen LogP contribution in [0.25, 0.3) is 33.7 Å². The third kappa shape index (κ3) is 6.79. The molecule has 0 N–H and O–H groups in total. The van der Waals surface area contributed by atoms with E-state index >= 15 is 0 Å². The second kappa shape index (κ2) is 13.6. The number of benzene rings is 2. The molecule has 13 heteroatoms. The number of carbonyl (C=O) groups is 1. The van der Waals surface area contributed by atoms with Crippen molar-refractivity contribution in [2.45, 2.75) is 32.5 Å². The van der Waals surface area contributed by atoms with Crippen LogP contribution in [-0.2, 0) is 22.6 Å². The summed E-state index contributed by atoms with van der Waals surface area (Å²) in [5, 5.41) is 17.8. The number of hydrogen-bond donors (Lipinski definition) is 0. The smallest absolute Gasteiger partial charge is 0.225 e. The van der Waals surface area contributed by atoms with E-state index in [4.69, 9.17) is 19.7 Å². The Kier molecular flexibility index (Phi) is 8.77. The van der Waals surface area contributed by atoms with Crippen LogP contribution in [0.15, 0.2) is 67.1 Å². The van der Waals surface area contributed by atoms with E-state index < -0.39 is 0 Å². The van der Waals surface area contributed by atoms with Gasteiger partial charge in [0.2, 0.25) is 17.5 Å². The Bertz CT molecular complexity index is 1890. The molecule has 0 bridgehead atoms. The summed E-state index contributed by atoms with van der Waals surface area (Å²) in [5.74, 6) is 0.893. The number of rotatable bonds is 8. The molecule has 3 aromatic heterocycles. The minimum atomic E-state index is -0.174. The number of carbonyl (C=O) groups excluding carboxylic acids is 1. The average Bonchev–Trinajstić information content (AvgIpc) is 3.53. The van der Waals surface area contributed by atoms with Gasteiger partial charge >= 0.3 is 0 Å². The Hall–Kier alpha value is -5.32. The van der Waals surface area contributed by atoms with E-state index in [0.29, 0.717) is 61.2 Å². The molecule has 0 aliphatic carbocycles. The van der Waals surface area contributed by atoms with Crippen molar-refractivity contribution < 1.29 is 9.53 Å². The normalized spacial score (nSPS) is 17.1. The Labute approximate surface area is 272 Å². The van der Waals surface area contributed by atoms with Crippen molar-refractivity contribution in [1.82, 2.24) is 44.7 Å². The lowest BCUT2D eigenvalue weighted by atomic mass is 10.1. The van der Waals surface area contributed by atoms with Gasteiger partial charge < -0.3 is 14.5 Å². The first-order valence-corrected chi connectivity index (χ1v) is 15.9. The fourth-order valence-corrected chi connectivity index (χ4v) is 6.04. The summed E-state index contributed by atoms with van der Waals surface area (Å²) >= 11 is 0. The number of piperazine rings is 1. The van der Waals surface area contributed by atoms with E-state index in [0.717, 1.165) is 49.4 Å². The lowest BCUT2D eigenvalue weighted by Crippen LogP contribution is -2.48. The molecule has 0 spiro atoms. The maximum Gasteiger partial charge on any atom is 0.225 e. The van der Waals surface area contributed by atoms with E-state index in [1.807, 2.05) is 36.4 Å². The van der Waals surface area contributed by atoms with Crippen LogP contribution in [-0.4, -0.2) is 103 Å². The molecule has 5 aromatic rings. The van der Waals surface area contributed by atoms with E-state index in [1.54, 1.807) is 23.0 Å². The highest BCUT2D eigenvalue weighted by molar-refractivity contribution is 5.76. The van der Waals surface area contributed by atoms with Crippen LogP contribution < -0.4 is 4.90 Å². The number of nitrogens with zero attached hydrogens (tertiary/aromatic N) is 11. The summed E-state index contributed by atoms with van der Waals surface area (Å²) in [6.45, 7) is 8.43. The van der Waals surface area contributed by atoms with Gasteiger partial charge in [-0.25, -0.2) is 24.6 Å². The topological polar surface area (TPSA) is 142 Å². The molecule has 2 fully saturated rings. The van der Waals surface area contributed by atoms with Gasteiger partial charge in [0, 0.05) is 75.8 Å². The zero-order valence-electron chi connectivity index (χ0n) is 26.2. The van der Waals surface area contributed by atoms with Crippen molar-refractivity contribution in [2.75, 3.05) is 50.8 Å². The second-order valence-electron chi connectivity index (χ2n) is 11.8. The lowest BCUT2D eigenvalue weighted by Gasteiger charge is -2.34. The predicted octanol–water partition coefficient (Wildman–Crippen LogP) is 3.18. The monoisotopic (exact) mass is 629 g/mol. The fraction of sp³-hybridized carbons (Fsp3) is 0.353. The lowest BCUT2D eigenvalue weighted by molar-refractivity contribution is -0.132. The molecular formula is C34H35N11O2. The Balaban J connectivity index is 0.969. The molecule has 2 aliphatic heterocycles. The van der Waals surface area contributed by atoms with Gasteiger partial charge in [-0.2, -0.15) is 5.26 Å². The standard InChI is InChI=1S/C34H35N11O2/c1-2-31(46)43-12-10-42(11-13-43)21-24-6-8-26(9-7-24)28-18-37-34(38-19-28)44-14-15-47-29(22-44)23-45-33-32(40-41-45)36-20-30(39-33)27-5-3-4-25(16-27)17-35/h3-9,16,18-20,29H,2,10-15,21-23H2,1H3/t29-/m0/s1. The molecule has 13 nitrogen and oxygen atoms in total. The number of morpholine rings is 1. The summed E-state index contributed by atoms with van der Waals surface area (Å²) < 4.78 is 7.80. The maximum absolute atomic E-state index is 12.0. The van der Waals surface area contributed by atoms with Crippen molar-refractivity contribution in [3.63, 3.8) is 0 Å². The van der Waals surface area contributed by atoms with Gasteiger partial charge in [0.05, 0.1) is 42.8 Å². The van der Waals surface area contributed by atoms with Gasteiger partial charge in [-0.15, -0.1) is 5.10 Å². The predicted molar refractivity (Wildman–Crippen MR) is 175 cm³/mol. The van der Waals surface area contributed by atoms with Gasteiger partial charge in [-0.1, -0.05) is 48.5 Å². The van der Waals surface area contributed by atoms with Gasteiger partial charge in [0.1, 0.15) is 0 Å². The van der Waals surface area contributed by atoms with Crippen LogP contribution in [0.3, 0.4) is 0 Å². The molecule has 47 heavy (non-hydrogen) atoms. The number of ether oxygens (including phenoxy) is 1. The number of aromatic nitrogens is 7. The van der Waals surface area contributed by atoms with Crippen LogP contribution in [0.5, 0.6) is 0 Å². The van der Waals surface area contributed by atoms with E-state index in [9.17, 15) is 10.1 Å². The fourth-order valence-electron chi connectivity index (χ4n) is 6.04. The van der Waals surface area contributed by atoms with E-state index in [-0.39, 0.29) is 12.0 Å². The van der Waals surface area contributed by atoms with Crippen LogP contribution in [0.1, 0.15) is 24.5 Å². The largest absolute Gasteiger partial charge is 0.373 e. The minimum absolute atomic E-state index is 0.174. The Morgan fingerprint density at radius 1 is 0.957 bits per heavy atom. The Morgan fingerprint density at radius 3 is 2.53 bits per heavy atom. The first-order chi connectivity index (χ1) is 23.1. The van der Waals surface area contributed by atoms with Crippen molar-refractivity contribution in [1.29, 1.82) is 5.26 Å². The molecule has 238 valence electrons. The third-order valence-electron chi connectivity index (χ3n) is 8.67. The third-order valence-corrected chi connectivity index (χ3v) is 8.67. The van der Waals surface area contributed by atoms with Crippen LogP contribution in [0, 0.1) is 11.3 Å². The minimum Gasteiger partial charge on any atom is -0.373 e. The molecule has 1 atom stereocenters. The van der Waals surface area contributed by atoms with Gasteiger partial charge in [0.15, 0.2) is 5.65 Å². The molecule has 2 saturated heterocycles. The highest BCUT2D eigenvalue weighted by Crippen LogP contribution is 2.23. The average molecular weight is 630 g/mol. The summed E-state index contributed by atoms with van der Waals surface area (Å²) in [5.41, 5.74) is 6.29. The SMILES string of the molecule is CCC(=O)N1CCN(Cc2ccc(-c3cnc(N4CCO[C@H](Cn5nnc6ncc(-c7cccc(C#N)c7)nc65)C4)nc3)cc2)CC1. The van der Waals surface area contributed by atoms with Crippen molar-refractivity contribution in [3.05, 3.63) is 78.2 Å². The molecule has 1 amide bonds. The summed E-state index contributed by atoms with van der Waals surface area (Å²) in [4.78, 5) is 37.1. The van der Waals surface area contributed by atoms with Gasteiger partial charge in [0.25, 0.3) is 0 Å². The number of amides is 1. The number of nitriles is 1. The number of anilines is 1. The molecule has 7 rings (SSSR count). The first-order valence-electron chi connectivity index (χ1n) is 15.9.